The summed E-state index contributed by atoms with van der Waals surface area (Å²) in [4.78, 5) is 19.6. The van der Waals surface area contributed by atoms with Gasteiger partial charge in [-0.2, -0.15) is 0 Å². The van der Waals surface area contributed by atoms with E-state index >= 15 is 0 Å². The van der Waals surface area contributed by atoms with Gasteiger partial charge in [0.1, 0.15) is 12.4 Å². The summed E-state index contributed by atoms with van der Waals surface area (Å²) in [6, 6.07) is 16.2. The molecule has 6 heteroatoms. The summed E-state index contributed by atoms with van der Waals surface area (Å²) in [6.07, 6.45) is 5.23. The zero-order valence-electron chi connectivity index (χ0n) is 18.7. The van der Waals surface area contributed by atoms with Crippen LogP contribution in [0.1, 0.15) is 37.3 Å². The second-order valence-electron chi connectivity index (χ2n) is 8.21. The van der Waals surface area contributed by atoms with Crippen LogP contribution in [0.2, 0.25) is 0 Å². The number of carbonyl (C=O) groups is 1. The van der Waals surface area contributed by atoms with Crippen molar-refractivity contribution >= 4 is 22.4 Å². The van der Waals surface area contributed by atoms with Gasteiger partial charge in [0.05, 0.1) is 12.1 Å². The Morgan fingerprint density at radius 3 is 2.69 bits per heavy atom. The van der Waals surface area contributed by atoms with Crippen LogP contribution in [0.4, 0.5) is 5.13 Å². The number of aryl methyl sites for hydroxylation is 1. The minimum atomic E-state index is -0.0716. The molecule has 2 heterocycles. The van der Waals surface area contributed by atoms with Gasteiger partial charge in [-0.25, -0.2) is 4.98 Å². The lowest BCUT2D eigenvalue weighted by Gasteiger charge is -2.26. The Bertz CT molecular complexity index is 1010. The molecular formula is C26H31N3O2S. The number of piperidine rings is 1. The van der Waals surface area contributed by atoms with Gasteiger partial charge < -0.3 is 10.1 Å². The molecule has 0 bridgehead atoms. The first-order valence-electron chi connectivity index (χ1n) is 11.5. The summed E-state index contributed by atoms with van der Waals surface area (Å²) < 4.78 is 5.93. The lowest BCUT2D eigenvalue weighted by Crippen LogP contribution is -2.33. The van der Waals surface area contributed by atoms with Crippen LogP contribution in [0.3, 0.4) is 0 Å². The van der Waals surface area contributed by atoms with Crippen molar-refractivity contribution in [2.75, 3.05) is 31.6 Å². The number of ether oxygens (including phenoxy) is 1. The lowest BCUT2D eigenvalue weighted by molar-refractivity contribution is -0.115. The van der Waals surface area contributed by atoms with Crippen LogP contribution in [-0.4, -0.2) is 42.0 Å². The highest BCUT2D eigenvalue weighted by molar-refractivity contribution is 7.14. The molecule has 168 valence electrons. The standard InChI is InChI=1S/C26H31N3O2S/c1-2-20-9-11-22(12-10-20)24-19-32-26(27-24)28-25(30)18-21-7-6-8-23(17-21)31-16-15-29-13-4-3-5-14-29/h6-12,17,19H,2-5,13-16,18H2,1H3,(H,27,28,30). The molecule has 5 nitrogen and oxygen atoms in total. The third-order valence-corrected chi connectivity index (χ3v) is 6.55. The number of rotatable bonds is 9. The van der Waals surface area contributed by atoms with Crippen molar-refractivity contribution in [1.82, 2.24) is 9.88 Å². The number of anilines is 1. The van der Waals surface area contributed by atoms with Crippen molar-refractivity contribution in [2.45, 2.75) is 39.0 Å². The van der Waals surface area contributed by atoms with E-state index in [9.17, 15) is 4.79 Å². The van der Waals surface area contributed by atoms with E-state index in [1.54, 1.807) is 0 Å². The number of nitrogens with one attached hydrogen (secondary N) is 1. The van der Waals surface area contributed by atoms with Crippen LogP contribution >= 0.6 is 11.3 Å². The first-order chi connectivity index (χ1) is 15.7. The molecule has 4 rings (SSSR count). The smallest absolute Gasteiger partial charge is 0.230 e. The summed E-state index contributed by atoms with van der Waals surface area (Å²) in [7, 11) is 0. The number of nitrogens with zero attached hydrogens (tertiary/aromatic N) is 2. The van der Waals surface area contributed by atoms with Crippen LogP contribution in [0.25, 0.3) is 11.3 Å². The van der Waals surface area contributed by atoms with Crippen LogP contribution in [0.15, 0.2) is 53.9 Å². The van der Waals surface area contributed by atoms with Crippen LogP contribution in [0.5, 0.6) is 5.75 Å². The second-order valence-corrected chi connectivity index (χ2v) is 9.07. The number of thiazole rings is 1. The fraction of sp³-hybridized carbons (Fsp3) is 0.385. The fourth-order valence-electron chi connectivity index (χ4n) is 3.94. The van der Waals surface area contributed by atoms with Gasteiger partial charge in [0.15, 0.2) is 5.13 Å². The molecule has 32 heavy (non-hydrogen) atoms. The number of likely N-dealkylation sites (tertiary alicyclic amines) is 1. The van der Waals surface area contributed by atoms with Crippen molar-refractivity contribution in [2.24, 2.45) is 0 Å². The molecule has 1 saturated heterocycles. The van der Waals surface area contributed by atoms with E-state index in [0.717, 1.165) is 35.5 Å². The van der Waals surface area contributed by atoms with E-state index in [4.69, 9.17) is 4.74 Å². The zero-order valence-corrected chi connectivity index (χ0v) is 19.5. The van der Waals surface area contributed by atoms with E-state index < -0.39 is 0 Å². The molecule has 3 aromatic rings. The topological polar surface area (TPSA) is 54.5 Å². The molecule has 0 aliphatic carbocycles. The first kappa shape index (κ1) is 22.5. The molecule has 1 aromatic heterocycles. The largest absolute Gasteiger partial charge is 0.492 e. The number of hydrogen-bond donors (Lipinski definition) is 1. The van der Waals surface area contributed by atoms with Gasteiger partial charge >= 0.3 is 0 Å². The predicted octanol–water partition coefficient (Wildman–Crippen LogP) is 5.42. The summed E-state index contributed by atoms with van der Waals surface area (Å²) in [5.74, 6) is 0.747. The monoisotopic (exact) mass is 449 g/mol. The van der Waals surface area contributed by atoms with Crippen LogP contribution in [-0.2, 0) is 17.6 Å². The summed E-state index contributed by atoms with van der Waals surface area (Å²) in [6.45, 7) is 6.12. The number of hydrogen-bond acceptors (Lipinski definition) is 5. The summed E-state index contributed by atoms with van der Waals surface area (Å²) in [5.41, 5.74) is 4.19. The first-order valence-corrected chi connectivity index (χ1v) is 12.4. The van der Waals surface area contributed by atoms with Crippen LogP contribution in [0, 0.1) is 0 Å². The van der Waals surface area contributed by atoms with Gasteiger partial charge in [0, 0.05) is 17.5 Å². The average molecular weight is 450 g/mol. The Kier molecular flexibility index (Phi) is 7.91. The molecule has 0 saturated carbocycles. The lowest BCUT2D eigenvalue weighted by atomic mass is 10.1. The molecular weight excluding hydrogens is 418 g/mol. The number of aromatic nitrogens is 1. The molecule has 0 unspecified atom stereocenters. The third-order valence-electron chi connectivity index (χ3n) is 5.80. The highest BCUT2D eigenvalue weighted by atomic mass is 32.1. The van der Waals surface area contributed by atoms with Gasteiger partial charge in [-0.05, 0) is 55.6 Å². The van der Waals surface area contributed by atoms with Crippen molar-refractivity contribution in [3.8, 4) is 17.0 Å². The molecule has 0 atom stereocenters. The number of amides is 1. The van der Waals surface area contributed by atoms with Crippen LogP contribution < -0.4 is 10.1 Å². The molecule has 1 fully saturated rings. The zero-order chi connectivity index (χ0) is 22.2. The van der Waals surface area contributed by atoms with Gasteiger partial charge in [0.25, 0.3) is 0 Å². The van der Waals surface area contributed by atoms with E-state index in [1.165, 1.54) is 49.3 Å². The maximum absolute atomic E-state index is 12.6. The Morgan fingerprint density at radius 2 is 1.91 bits per heavy atom. The third kappa shape index (κ3) is 6.40. The van der Waals surface area contributed by atoms with E-state index in [-0.39, 0.29) is 5.91 Å². The van der Waals surface area contributed by atoms with Crippen molar-refractivity contribution < 1.29 is 9.53 Å². The number of benzene rings is 2. The van der Waals surface area contributed by atoms with Gasteiger partial charge in [0.2, 0.25) is 5.91 Å². The molecule has 0 spiro atoms. The highest BCUT2D eigenvalue weighted by Crippen LogP contribution is 2.25. The molecule has 1 aliphatic heterocycles. The molecule has 1 aliphatic rings. The Hall–Kier alpha value is -2.70. The quantitative estimate of drug-likeness (QED) is 0.474. The van der Waals surface area contributed by atoms with Crippen molar-refractivity contribution in [1.29, 1.82) is 0 Å². The molecule has 1 N–H and O–H groups in total. The Labute approximate surface area is 194 Å². The maximum Gasteiger partial charge on any atom is 0.230 e. The number of carbonyl (C=O) groups excluding carboxylic acids is 1. The normalized spacial score (nSPS) is 14.3. The van der Waals surface area contributed by atoms with Gasteiger partial charge in [-0.1, -0.05) is 49.7 Å². The maximum atomic E-state index is 12.6. The minimum absolute atomic E-state index is 0.0716. The van der Waals surface area contributed by atoms with Crippen molar-refractivity contribution in [3.63, 3.8) is 0 Å². The molecule has 2 aromatic carbocycles. The second kappa shape index (κ2) is 11.2. The molecule has 1 amide bonds. The predicted molar refractivity (Wildman–Crippen MR) is 131 cm³/mol. The SMILES string of the molecule is CCc1ccc(-c2csc(NC(=O)Cc3cccc(OCCN4CCCCC4)c3)n2)cc1. The van der Waals surface area contributed by atoms with E-state index in [1.807, 2.05) is 29.6 Å². The Morgan fingerprint density at radius 1 is 1.09 bits per heavy atom. The minimum Gasteiger partial charge on any atom is -0.492 e. The van der Waals surface area contributed by atoms with E-state index in [2.05, 4.69) is 46.4 Å². The molecule has 0 radical (unpaired) electrons. The van der Waals surface area contributed by atoms with Gasteiger partial charge in [-0.3, -0.25) is 9.69 Å². The van der Waals surface area contributed by atoms with E-state index in [0.29, 0.717) is 18.2 Å². The summed E-state index contributed by atoms with van der Waals surface area (Å²) in [5, 5.41) is 5.53. The summed E-state index contributed by atoms with van der Waals surface area (Å²) >= 11 is 1.45. The Balaban J connectivity index is 1.27. The highest BCUT2D eigenvalue weighted by Gasteiger charge is 2.11. The van der Waals surface area contributed by atoms with Gasteiger partial charge in [-0.15, -0.1) is 11.3 Å². The fourth-order valence-corrected chi connectivity index (χ4v) is 4.68. The van der Waals surface area contributed by atoms with Crippen molar-refractivity contribution in [3.05, 3.63) is 65.0 Å². The average Bonchev–Trinajstić information content (AvgIpc) is 3.28.